The third-order valence-corrected chi connectivity index (χ3v) is 9.22. The molecule has 43 heavy (non-hydrogen) atoms. The van der Waals surface area contributed by atoms with Gasteiger partial charge in [0.1, 0.15) is 5.75 Å². The Hall–Kier alpha value is -3.63. The SMILES string of the molecule is CCCCN(C(=O)CN1C[C@H](c2ccc3c(c2)CCO3)[C@@H](C(=O)O)[C@@H]1CCN1CCCN(C)C1=O)c1cccc(CN)c1. The number of anilines is 1. The van der Waals surface area contributed by atoms with E-state index in [0.29, 0.717) is 45.8 Å². The monoisotopic (exact) mass is 591 g/mol. The number of unbranched alkanes of at least 4 members (excludes halogenated alkanes) is 1. The van der Waals surface area contributed by atoms with Crippen molar-refractivity contribution in [2.75, 3.05) is 57.8 Å². The van der Waals surface area contributed by atoms with Crippen LogP contribution >= 0.6 is 0 Å². The topological polar surface area (TPSA) is 120 Å². The molecule has 3 aliphatic heterocycles. The minimum atomic E-state index is -0.873. The number of amides is 3. The Balaban J connectivity index is 1.43. The third-order valence-electron chi connectivity index (χ3n) is 9.22. The smallest absolute Gasteiger partial charge is 0.319 e. The molecule has 0 aliphatic carbocycles. The van der Waals surface area contributed by atoms with Crippen molar-refractivity contribution in [3.63, 3.8) is 0 Å². The fourth-order valence-corrected chi connectivity index (χ4v) is 6.88. The van der Waals surface area contributed by atoms with Gasteiger partial charge in [-0.3, -0.25) is 14.5 Å². The van der Waals surface area contributed by atoms with Crippen molar-refractivity contribution in [3.05, 3.63) is 59.2 Å². The van der Waals surface area contributed by atoms with E-state index >= 15 is 0 Å². The lowest BCUT2D eigenvalue weighted by molar-refractivity contribution is -0.143. The third kappa shape index (κ3) is 6.80. The first-order valence-corrected chi connectivity index (χ1v) is 15.6. The van der Waals surface area contributed by atoms with Crippen LogP contribution in [0.4, 0.5) is 10.5 Å². The maximum absolute atomic E-state index is 14.0. The van der Waals surface area contributed by atoms with Gasteiger partial charge in [-0.25, -0.2) is 4.79 Å². The molecule has 10 heteroatoms. The molecule has 2 saturated heterocycles. The Bertz CT molecular complexity index is 1320. The number of rotatable bonds is 12. The summed E-state index contributed by atoms with van der Waals surface area (Å²) in [6.07, 6.45) is 3.95. The van der Waals surface area contributed by atoms with Gasteiger partial charge in [0.15, 0.2) is 0 Å². The van der Waals surface area contributed by atoms with E-state index in [1.807, 2.05) is 46.2 Å². The van der Waals surface area contributed by atoms with Crippen LogP contribution in [0.2, 0.25) is 0 Å². The van der Waals surface area contributed by atoms with Crippen LogP contribution in [0.25, 0.3) is 0 Å². The second kappa shape index (κ2) is 13.8. The Morgan fingerprint density at radius 1 is 1.16 bits per heavy atom. The van der Waals surface area contributed by atoms with E-state index in [1.54, 1.807) is 11.9 Å². The number of carbonyl (C=O) groups excluding carboxylic acids is 2. The highest BCUT2D eigenvalue weighted by molar-refractivity contribution is 5.95. The van der Waals surface area contributed by atoms with Crippen LogP contribution in [0.1, 0.15) is 55.2 Å². The number of benzene rings is 2. The number of urea groups is 1. The zero-order valence-electron chi connectivity index (χ0n) is 25.4. The number of hydrogen-bond acceptors (Lipinski definition) is 6. The van der Waals surface area contributed by atoms with E-state index in [9.17, 15) is 19.5 Å². The van der Waals surface area contributed by atoms with Gasteiger partial charge in [-0.2, -0.15) is 0 Å². The van der Waals surface area contributed by atoms with Crippen molar-refractivity contribution in [2.24, 2.45) is 11.7 Å². The van der Waals surface area contributed by atoms with Gasteiger partial charge in [0.2, 0.25) is 5.91 Å². The van der Waals surface area contributed by atoms with Crippen LogP contribution in [-0.4, -0.2) is 96.7 Å². The molecule has 3 atom stereocenters. The lowest BCUT2D eigenvalue weighted by atomic mass is 9.83. The van der Waals surface area contributed by atoms with Crippen molar-refractivity contribution in [1.29, 1.82) is 0 Å². The van der Waals surface area contributed by atoms with Crippen molar-refractivity contribution >= 4 is 23.6 Å². The van der Waals surface area contributed by atoms with Gasteiger partial charge in [0.05, 0.1) is 19.1 Å². The number of carbonyl (C=O) groups is 3. The van der Waals surface area contributed by atoms with Crippen molar-refractivity contribution in [1.82, 2.24) is 14.7 Å². The molecule has 0 spiro atoms. The van der Waals surface area contributed by atoms with Gasteiger partial charge < -0.3 is 30.3 Å². The van der Waals surface area contributed by atoms with E-state index in [-0.39, 0.29) is 24.4 Å². The highest BCUT2D eigenvalue weighted by atomic mass is 16.5. The van der Waals surface area contributed by atoms with Crippen LogP contribution in [0.5, 0.6) is 5.75 Å². The van der Waals surface area contributed by atoms with Gasteiger partial charge in [-0.05, 0) is 54.2 Å². The zero-order valence-corrected chi connectivity index (χ0v) is 25.4. The second-order valence-corrected chi connectivity index (χ2v) is 12.0. The minimum absolute atomic E-state index is 0.0283. The van der Waals surface area contributed by atoms with Crippen molar-refractivity contribution < 1.29 is 24.2 Å². The van der Waals surface area contributed by atoms with E-state index in [0.717, 1.165) is 60.4 Å². The van der Waals surface area contributed by atoms with Gasteiger partial charge in [0, 0.05) is 70.4 Å². The van der Waals surface area contributed by atoms with Gasteiger partial charge >= 0.3 is 12.0 Å². The predicted octanol–water partition coefficient (Wildman–Crippen LogP) is 3.53. The molecule has 5 rings (SSSR count). The standard InChI is InChI=1S/C33H45N5O5/c1-3-4-15-38(26-8-5-7-23(18-26)20-34)30(39)22-37-21-27(24-9-10-29-25(19-24)12-17-43-29)31(32(40)41)28(37)11-16-36-14-6-13-35(2)33(36)42/h5,7-10,18-19,27-28,31H,3-4,6,11-17,20-22,34H2,1-2H3,(H,40,41)/t27-,28+,31-/m1/s1. The highest BCUT2D eigenvalue weighted by Gasteiger charge is 2.47. The fourth-order valence-electron chi connectivity index (χ4n) is 6.88. The largest absolute Gasteiger partial charge is 0.493 e. The molecule has 3 amide bonds. The lowest BCUT2D eigenvalue weighted by Gasteiger charge is -2.35. The summed E-state index contributed by atoms with van der Waals surface area (Å²) >= 11 is 0. The van der Waals surface area contributed by atoms with Gasteiger partial charge in [0.25, 0.3) is 0 Å². The Morgan fingerprint density at radius 3 is 2.77 bits per heavy atom. The van der Waals surface area contributed by atoms with Crippen molar-refractivity contribution in [3.8, 4) is 5.75 Å². The van der Waals surface area contributed by atoms with Crippen LogP contribution in [0.3, 0.4) is 0 Å². The summed E-state index contributed by atoms with van der Waals surface area (Å²) in [5.41, 5.74) is 9.72. The maximum Gasteiger partial charge on any atom is 0.319 e. The Kier molecular flexibility index (Phi) is 9.87. The average molecular weight is 592 g/mol. The molecule has 2 fully saturated rings. The fraction of sp³-hybridized carbons (Fsp3) is 0.545. The molecule has 2 aromatic carbocycles. The normalized spacial score (nSPS) is 22.0. The van der Waals surface area contributed by atoms with Crippen LogP contribution < -0.4 is 15.4 Å². The quantitative estimate of drug-likeness (QED) is 0.388. The Morgan fingerprint density at radius 2 is 2.00 bits per heavy atom. The number of aliphatic carboxylic acids is 1. The summed E-state index contributed by atoms with van der Waals surface area (Å²) < 4.78 is 5.70. The molecule has 2 aromatic rings. The maximum atomic E-state index is 14.0. The molecule has 10 nitrogen and oxygen atoms in total. The number of hydrogen-bond donors (Lipinski definition) is 2. The first-order valence-electron chi connectivity index (χ1n) is 15.6. The minimum Gasteiger partial charge on any atom is -0.493 e. The molecule has 0 aromatic heterocycles. The van der Waals surface area contributed by atoms with E-state index in [1.165, 1.54) is 0 Å². The molecule has 0 saturated carbocycles. The lowest BCUT2D eigenvalue weighted by Crippen LogP contribution is -2.50. The highest BCUT2D eigenvalue weighted by Crippen LogP contribution is 2.41. The first kappa shape index (κ1) is 30.8. The number of carboxylic acid groups (broad SMARTS) is 1. The second-order valence-electron chi connectivity index (χ2n) is 12.0. The number of carboxylic acids is 1. The van der Waals surface area contributed by atoms with Crippen LogP contribution in [0.15, 0.2) is 42.5 Å². The van der Waals surface area contributed by atoms with Gasteiger partial charge in [-0.15, -0.1) is 0 Å². The van der Waals surface area contributed by atoms with Crippen molar-refractivity contribution in [2.45, 2.75) is 57.5 Å². The summed E-state index contributed by atoms with van der Waals surface area (Å²) in [6.45, 7) is 6.07. The van der Waals surface area contributed by atoms with E-state index in [4.69, 9.17) is 10.5 Å². The number of ether oxygens (including phenoxy) is 1. The van der Waals surface area contributed by atoms with Crippen LogP contribution in [0, 0.1) is 5.92 Å². The first-order chi connectivity index (χ1) is 20.8. The number of nitrogens with two attached hydrogens (primary N) is 1. The molecule has 3 N–H and O–H groups in total. The number of fused-ring (bicyclic) bond motifs is 1. The van der Waals surface area contributed by atoms with E-state index < -0.39 is 17.9 Å². The summed E-state index contributed by atoms with van der Waals surface area (Å²) in [7, 11) is 1.80. The molecule has 0 unspecified atom stereocenters. The molecule has 0 bridgehead atoms. The number of nitrogens with zero attached hydrogens (tertiary/aromatic N) is 4. The Labute approximate surface area is 254 Å². The van der Waals surface area contributed by atoms with Gasteiger partial charge in [-0.1, -0.05) is 37.6 Å². The number of likely N-dealkylation sites (tertiary alicyclic amines) is 1. The summed E-state index contributed by atoms with van der Waals surface area (Å²) in [5.74, 6) is -1.08. The molecule has 3 aliphatic rings. The zero-order chi connectivity index (χ0) is 30.5. The average Bonchev–Trinajstić information content (AvgIpc) is 3.62. The molecular weight excluding hydrogens is 546 g/mol. The van der Waals surface area contributed by atoms with Crippen LogP contribution in [-0.2, 0) is 22.6 Å². The van der Waals surface area contributed by atoms with E-state index in [2.05, 4.69) is 17.9 Å². The molecular formula is C33H45N5O5. The summed E-state index contributed by atoms with van der Waals surface area (Å²) in [5, 5.41) is 10.6. The molecule has 0 radical (unpaired) electrons. The predicted molar refractivity (Wildman–Crippen MR) is 165 cm³/mol. The molecule has 3 heterocycles. The summed E-state index contributed by atoms with van der Waals surface area (Å²) in [4.78, 5) is 47.2. The molecule has 232 valence electrons. The summed E-state index contributed by atoms with van der Waals surface area (Å²) in [6, 6.07) is 13.3.